The molecule has 2 amide bonds. The number of para-hydroxylation sites is 1. The lowest BCUT2D eigenvalue weighted by molar-refractivity contribution is -0.138. The summed E-state index contributed by atoms with van der Waals surface area (Å²) in [5.74, 6) is 0.830. The summed E-state index contributed by atoms with van der Waals surface area (Å²) in [5.41, 5.74) is 1.59. The molecule has 2 atom stereocenters. The molecule has 0 aliphatic carbocycles. The van der Waals surface area contributed by atoms with Crippen LogP contribution in [0.1, 0.15) is 19.4 Å². The van der Waals surface area contributed by atoms with Crippen LogP contribution in [0.4, 0.5) is 10.5 Å². The minimum atomic E-state index is -0.975. The fraction of sp³-hybridized carbons (Fsp3) is 0.467. The Morgan fingerprint density at radius 1 is 1.48 bits per heavy atom. The van der Waals surface area contributed by atoms with Crippen molar-refractivity contribution in [1.82, 2.24) is 5.32 Å². The minimum absolute atomic E-state index is 0.00431. The maximum Gasteiger partial charge on any atom is 0.327 e. The van der Waals surface area contributed by atoms with E-state index in [1.807, 2.05) is 25.1 Å². The molecule has 0 spiro atoms. The lowest BCUT2D eigenvalue weighted by Gasteiger charge is -2.25. The summed E-state index contributed by atoms with van der Waals surface area (Å²) in [6, 6.07) is 6.19. The lowest BCUT2D eigenvalue weighted by atomic mass is 10.1. The van der Waals surface area contributed by atoms with E-state index in [4.69, 9.17) is 0 Å². The molecule has 0 radical (unpaired) electrons. The Balaban J connectivity index is 2.15. The van der Waals surface area contributed by atoms with Gasteiger partial charge >= 0.3 is 12.0 Å². The first-order valence-electron chi connectivity index (χ1n) is 7.02. The third kappa shape index (κ3) is 3.50. The number of fused-ring (bicyclic) bond motifs is 1. The second kappa shape index (κ2) is 6.85. The van der Waals surface area contributed by atoms with Gasteiger partial charge in [0.15, 0.2) is 0 Å². The number of aliphatic carboxylic acids is 1. The summed E-state index contributed by atoms with van der Waals surface area (Å²) < 4.78 is 0. The van der Waals surface area contributed by atoms with E-state index in [0.29, 0.717) is 12.1 Å². The number of amides is 2. The molecule has 0 saturated heterocycles. The van der Waals surface area contributed by atoms with Crippen molar-refractivity contribution < 1.29 is 14.7 Å². The van der Waals surface area contributed by atoms with Crippen LogP contribution in [-0.2, 0) is 11.2 Å². The maximum atomic E-state index is 12.4. The van der Waals surface area contributed by atoms with Gasteiger partial charge in [0, 0.05) is 23.9 Å². The third-order valence-electron chi connectivity index (χ3n) is 3.42. The number of nitrogens with one attached hydrogen (secondary N) is 1. The second-order valence-corrected chi connectivity index (χ2v) is 6.39. The van der Waals surface area contributed by atoms with Gasteiger partial charge in [-0.05, 0) is 24.3 Å². The largest absolute Gasteiger partial charge is 0.480 e. The van der Waals surface area contributed by atoms with Gasteiger partial charge in [0.05, 0.1) is 0 Å². The highest BCUT2D eigenvalue weighted by Crippen LogP contribution is 2.32. The standard InChI is InChI=1S/C15H20N2O3S/c1-3-21-9-10(2)16-15(20)17-12-7-5-4-6-11(12)8-13(17)14(18)19/h4-7,10,13H,3,8-9H2,1-2H3,(H,16,20)(H,18,19). The van der Waals surface area contributed by atoms with Gasteiger partial charge in [-0.15, -0.1) is 0 Å². The monoisotopic (exact) mass is 308 g/mol. The van der Waals surface area contributed by atoms with Gasteiger partial charge in [-0.1, -0.05) is 25.1 Å². The van der Waals surface area contributed by atoms with Crippen LogP contribution < -0.4 is 10.2 Å². The van der Waals surface area contributed by atoms with E-state index >= 15 is 0 Å². The van der Waals surface area contributed by atoms with Crippen LogP contribution in [0.3, 0.4) is 0 Å². The molecule has 5 nitrogen and oxygen atoms in total. The normalized spacial score (nSPS) is 18.2. The third-order valence-corrected chi connectivity index (χ3v) is 4.57. The first-order chi connectivity index (χ1) is 10.0. The van der Waals surface area contributed by atoms with Crippen LogP contribution in [-0.4, -0.2) is 40.7 Å². The molecule has 1 heterocycles. The van der Waals surface area contributed by atoms with Gasteiger partial charge in [0.1, 0.15) is 6.04 Å². The number of thioether (sulfide) groups is 1. The van der Waals surface area contributed by atoms with Gasteiger partial charge in [0.2, 0.25) is 0 Å². The molecule has 2 N–H and O–H groups in total. The van der Waals surface area contributed by atoms with Gasteiger partial charge in [-0.2, -0.15) is 11.8 Å². The van der Waals surface area contributed by atoms with Gasteiger partial charge < -0.3 is 10.4 Å². The smallest absolute Gasteiger partial charge is 0.327 e. The fourth-order valence-corrected chi connectivity index (χ4v) is 3.12. The molecule has 0 saturated carbocycles. The number of carbonyl (C=O) groups excluding carboxylic acids is 1. The Morgan fingerprint density at radius 2 is 2.19 bits per heavy atom. The van der Waals surface area contributed by atoms with Gasteiger partial charge in [-0.25, -0.2) is 9.59 Å². The highest BCUT2D eigenvalue weighted by Gasteiger charge is 2.38. The summed E-state index contributed by atoms with van der Waals surface area (Å²) in [6.07, 6.45) is 0.358. The summed E-state index contributed by atoms with van der Waals surface area (Å²) >= 11 is 1.74. The van der Waals surface area contributed by atoms with Crippen molar-refractivity contribution in [1.29, 1.82) is 0 Å². The summed E-state index contributed by atoms with van der Waals surface area (Å²) in [5, 5.41) is 12.2. The highest BCUT2D eigenvalue weighted by atomic mass is 32.2. The summed E-state index contributed by atoms with van der Waals surface area (Å²) in [6.45, 7) is 3.99. The SMILES string of the molecule is CCSCC(C)NC(=O)N1c2ccccc2CC1C(=O)O. The van der Waals surface area contributed by atoms with E-state index in [1.54, 1.807) is 17.8 Å². The zero-order valence-electron chi connectivity index (χ0n) is 12.2. The van der Waals surface area contributed by atoms with Crippen LogP contribution in [0.2, 0.25) is 0 Å². The predicted molar refractivity (Wildman–Crippen MR) is 85.0 cm³/mol. The van der Waals surface area contributed by atoms with Crippen LogP contribution in [0.25, 0.3) is 0 Å². The van der Waals surface area contributed by atoms with E-state index in [-0.39, 0.29) is 12.1 Å². The van der Waals surface area contributed by atoms with Crippen LogP contribution in [0.15, 0.2) is 24.3 Å². The number of urea groups is 1. The van der Waals surface area contributed by atoms with E-state index in [0.717, 1.165) is 17.1 Å². The van der Waals surface area contributed by atoms with Crippen LogP contribution in [0.5, 0.6) is 0 Å². The number of rotatable bonds is 5. The van der Waals surface area contributed by atoms with Crippen molar-refractivity contribution in [2.75, 3.05) is 16.4 Å². The number of carboxylic acids is 1. The molecule has 114 valence electrons. The topological polar surface area (TPSA) is 69.6 Å². The predicted octanol–water partition coefficient (Wildman–Crippen LogP) is 2.35. The van der Waals surface area contributed by atoms with E-state index in [9.17, 15) is 14.7 Å². The van der Waals surface area contributed by atoms with E-state index in [1.165, 1.54) is 4.90 Å². The number of hydrogen-bond donors (Lipinski definition) is 2. The molecule has 1 aliphatic rings. The fourth-order valence-electron chi connectivity index (χ4n) is 2.45. The van der Waals surface area contributed by atoms with E-state index < -0.39 is 12.0 Å². The quantitative estimate of drug-likeness (QED) is 0.876. The van der Waals surface area contributed by atoms with Crippen molar-refractivity contribution in [3.63, 3.8) is 0 Å². The molecule has 0 bridgehead atoms. The lowest BCUT2D eigenvalue weighted by Crippen LogP contribution is -2.50. The molecular weight excluding hydrogens is 288 g/mol. The zero-order valence-corrected chi connectivity index (χ0v) is 13.0. The number of nitrogens with zero attached hydrogens (tertiary/aromatic N) is 1. The number of anilines is 1. The Morgan fingerprint density at radius 3 is 2.86 bits per heavy atom. The number of carbonyl (C=O) groups is 2. The molecule has 2 unspecified atom stereocenters. The Bertz CT molecular complexity index is 535. The Hall–Kier alpha value is -1.69. The van der Waals surface area contributed by atoms with Crippen molar-refractivity contribution in [2.45, 2.75) is 32.4 Å². The summed E-state index contributed by atoms with van der Waals surface area (Å²) in [7, 11) is 0. The van der Waals surface area contributed by atoms with Crippen molar-refractivity contribution in [3.8, 4) is 0 Å². The van der Waals surface area contributed by atoms with Crippen LogP contribution >= 0.6 is 11.8 Å². The molecule has 1 aromatic rings. The van der Waals surface area contributed by atoms with Crippen molar-refractivity contribution in [3.05, 3.63) is 29.8 Å². The molecular formula is C15H20N2O3S. The second-order valence-electron chi connectivity index (χ2n) is 5.07. The average molecular weight is 308 g/mol. The minimum Gasteiger partial charge on any atom is -0.480 e. The average Bonchev–Trinajstić information content (AvgIpc) is 2.84. The highest BCUT2D eigenvalue weighted by molar-refractivity contribution is 7.99. The molecule has 1 aliphatic heterocycles. The molecule has 6 heteroatoms. The van der Waals surface area contributed by atoms with Crippen LogP contribution in [0, 0.1) is 0 Å². The molecule has 2 rings (SSSR count). The van der Waals surface area contributed by atoms with Gasteiger partial charge in [0.25, 0.3) is 0 Å². The maximum absolute atomic E-state index is 12.4. The van der Waals surface area contributed by atoms with Crippen molar-refractivity contribution >= 4 is 29.4 Å². The van der Waals surface area contributed by atoms with Gasteiger partial charge in [-0.3, -0.25) is 4.90 Å². The molecule has 1 aromatic carbocycles. The zero-order chi connectivity index (χ0) is 15.4. The first-order valence-corrected chi connectivity index (χ1v) is 8.18. The molecule has 0 aromatic heterocycles. The number of carboxylic acid groups (broad SMARTS) is 1. The number of benzene rings is 1. The molecule has 0 fully saturated rings. The Kier molecular flexibility index (Phi) is 5.12. The Labute approximate surface area is 128 Å². The number of hydrogen-bond acceptors (Lipinski definition) is 3. The summed E-state index contributed by atoms with van der Waals surface area (Å²) in [4.78, 5) is 25.2. The van der Waals surface area contributed by atoms with E-state index in [2.05, 4.69) is 12.2 Å². The molecule has 21 heavy (non-hydrogen) atoms. The van der Waals surface area contributed by atoms with Crippen molar-refractivity contribution in [2.24, 2.45) is 0 Å². The first kappa shape index (κ1) is 15.7.